The van der Waals surface area contributed by atoms with Gasteiger partial charge >= 0.3 is 59.1 Å². The van der Waals surface area contributed by atoms with Gasteiger partial charge in [0.15, 0.2) is 5.05 Å². The van der Waals surface area contributed by atoms with E-state index in [-0.39, 0.29) is 70.8 Å². The lowest BCUT2D eigenvalue weighted by Gasteiger charge is -2.04. The number of ether oxygens (including phenoxy) is 10. The molecule has 0 heterocycles. The summed E-state index contributed by atoms with van der Waals surface area (Å²) in [6.45, 7) is 3.32. The molecule has 129 heavy (non-hydrogen) atoms. The average Bonchev–Trinajstić information content (AvgIpc) is 1.00. The average molecular weight is 1990 g/mol. The fraction of sp³-hybridized carbons (Fsp3) is 0.410. The molecule has 0 aliphatic heterocycles. The summed E-state index contributed by atoms with van der Waals surface area (Å²) in [5, 5.41) is 44.9. The molecule has 0 radical (unpaired) electrons. The van der Waals surface area contributed by atoms with Crippen molar-refractivity contribution in [3.05, 3.63) is 218 Å². The maximum atomic E-state index is 10.6. The molecule has 6 aromatic carbocycles. The molecule has 0 unspecified atom stereocenters. The number of nitrogens with zero attached hydrogens (tertiary/aromatic N) is 6. The second kappa shape index (κ2) is 118. The molecule has 6 aromatic rings. The van der Waals surface area contributed by atoms with Crippen LogP contribution in [0.25, 0.3) is 0 Å². The van der Waals surface area contributed by atoms with Gasteiger partial charge in [-0.2, -0.15) is 43.3 Å². The minimum absolute atomic E-state index is 0.00727. The lowest BCUT2D eigenvalue weighted by molar-refractivity contribution is -0.140. The maximum absolute atomic E-state index is 10.6. The van der Waals surface area contributed by atoms with Crippen LogP contribution in [-0.4, -0.2) is 204 Å². The van der Waals surface area contributed by atoms with E-state index in [9.17, 15) is 41.8 Å². The lowest BCUT2D eigenvalue weighted by atomic mass is 10.2. The van der Waals surface area contributed by atoms with E-state index in [4.69, 9.17) is 107 Å². The van der Waals surface area contributed by atoms with Gasteiger partial charge in [0.05, 0.1) is 110 Å². The Hall–Kier alpha value is -9.63. The Morgan fingerprint density at radius 3 is 0.674 bits per heavy atom. The van der Waals surface area contributed by atoms with Crippen molar-refractivity contribution >= 4 is 93.9 Å². The molecule has 6 rings (SSSR count). The van der Waals surface area contributed by atoms with Crippen LogP contribution in [-0.2, 0) is 111 Å². The van der Waals surface area contributed by atoms with Crippen LogP contribution in [0, 0.1) is 69.1 Å². The number of thiocarbonyl (C=S) groups is 1. The van der Waals surface area contributed by atoms with Gasteiger partial charge in [0.2, 0.25) is 0 Å². The summed E-state index contributed by atoms with van der Waals surface area (Å²) in [6.07, 6.45) is 15.7. The topological polar surface area (TPSA) is 687 Å². The Morgan fingerprint density at radius 1 is 0.295 bits per heavy atom. The van der Waals surface area contributed by atoms with Gasteiger partial charge in [-0.25, -0.2) is 32.2 Å². The van der Waals surface area contributed by atoms with Crippen molar-refractivity contribution in [1.29, 1.82) is 31.6 Å². The minimum Gasteiger partial charge on any atom is -0.490 e. The van der Waals surface area contributed by atoms with Gasteiger partial charge in [0, 0.05) is 25.7 Å². The molecular weight excluding hydrogens is 1860 g/mol. The molecule has 0 spiro atoms. The Kier molecular flexibility index (Phi) is 133. The van der Waals surface area contributed by atoms with Crippen molar-refractivity contribution in [3.63, 3.8) is 0 Å². The van der Waals surface area contributed by atoms with Crippen LogP contribution in [0.5, 0.6) is 0 Å². The summed E-state index contributed by atoms with van der Waals surface area (Å²) in [6, 6.07) is 72.0. The minimum atomic E-state index is -4.41. The number of carbonyl (C=O) groups is 3. The Balaban J connectivity index is -0.000000114. The van der Waals surface area contributed by atoms with Crippen LogP contribution in [0.1, 0.15) is 90.9 Å². The highest BCUT2D eigenvalue weighted by Gasteiger charge is 2.16. The van der Waals surface area contributed by atoms with E-state index in [1.54, 1.807) is 11.8 Å². The standard InChI is InChI=1S/C6H13O6P.C6H13O5PS.6C6H6.C5H11O7P.C5H11O5P.C4H11O4PS.C4H11O4P.6C2H3NO/c1-11-6(7)4-2-3-5-12-13(8,9)10;1-10-6(13)4-2-3-5-11-12(7,8)9;6*1-2-4-6-5-3-1;1-10-5(6)11-3-2-4-12-13(7,8)9;1-5(6)3-2-4-10-11(7,8)9;1-10-4-2-3-8-9(5,6)7;1-2-3-4-8-9(5,6)7;6*1-4-2-3/h2-5H2,1H3,(H2,8,9,10);2-5H2,1H3,(H2,7,8,9);6*1-6H;2-4H2,1H3,(H2,7,8,9);2-4H2,1H3,(H2,7,8,9);2-4H2,1H3,(H2,5,6,7);2-4H2,1H3,(H2,5,6,7);6*1H3. The number of methoxy groups -OCH3 is 9. The number of benzene rings is 6. The zero-order valence-electron chi connectivity index (χ0n) is 73.7. The zero-order chi connectivity index (χ0) is 101. The van der Waals surface area contributed by atoms with Gasteiger partial charge in [-0.15, -0.1) is 0 Å². The molecule has 12 N–H and O–H groups in total. The number of nitriles is 6. The molecule has 43 nitrogen and oxygen atoms in total. The van der Waals surface area contributed by atoms with E-state index < -0.39 is 53.1 Å². The molecule has 0 saturated heterocycles. The van der Waals surface area contributed by atoms with Crippen molar-refractivity contribution in [2.75, 3.05) is 122 Å². The number of phosphoric acid groups is 6. The van der Waals surface area contributed by atoms with Crippen LogP contribution >= 0.6 is 70.9 Å². The molecule has 0 aromatic heterocycles. The van der Waals surface area contributed by atoms with Gasteiger partial charge in [-0.1, -0.05) is 232 Å². The third-order valence-corrected chi connectivity index (χ3v) is 14.6. The van der Waals surface area contributed by atoms with Crippen LogP contribution in [0.3, 0.4) is 0 Å². The number of ketones is 1. The van der Waals surface area contributed by atoms with Crippen molar-refractivity contribution in [2.24, 2.45) is 0 Å². The largest absolute Gasteiger partial charge is 0.507 e. The van der Waals surface area contributed by atoms with Crippen LogP contribution in [0.15, 0.2) is 218 Å². The molecule has 0 aliphatic rings. The summed E-state index contributed by atoms with van der Waals surface area (Å²) in [5.74, 6) is 0.510. The second-order valence-electron chi connectivity index (χ2n) is 20.9. The van der Waals surface area contributed by atoms with Crippen molar-refractivity contribution < 1.29 is 175 Å². The summed E-state index contributed by atoms with van der Waals surface area (Å²) < 4.78 is 126. The number of esters is 1. The van der Waals surface area contributed by atoms with E-state index in [1.165, 1.54) is 101 Å². The van der Waals surface area contributed by atoms with E-state index in [0.29, 0.717) is 62.8 Å². The summed E-state index contributed by atoms with van der Waals surface area (Å²) in [7, 11) is -14.0. The van der Waals surface area contributed by atoms with E-state index in [1.807, 2.05) is 232 Å². The smallest absolute Gasteiger partial charge is 0.490 e. The predicted molar refractivity (Wildman–Crippen MR) is 482 cm³/mol. The fourth-order valence-corrected chi connectivity index (χ4v) is 8.05. The van der Waals surface area contributed by atoms with Gasteiger partial charge in [0.25, 0.3) is 37.5 Å². The first-order valence-corrected chi connectivity index (χ1v) is 47.4. The normalized spacial score (nSPS) is 9.10. The number of phosphoric ester groups is 6. The van der Waals surface area contributed by atoms with Crippen LogP contribution < -0.4 is 0 Å². The van der Waals surface area contributed by atoms with Gasteiger partial charge in [-0.3, -0.25) is 31.9 Å². The first kappa shape index (κ1) is 145. The Labute approximate surface area is 765 Å². The fourth-order valence-electron chi connectivity index (χ4n) is 5.30. The quantitative estimate of drug-likeness (QED) is 0.00632. The summed E-state index contributed by atoms with van der Waals surface area (Å²) in [4.78, 5) is 130. The SMILES string of the molecule is CC(=O)CCCOP(=O)(O)O.CCCCOP(=O)(O)O.COC#N.COC#N.COC#N.COC#N.COC#N.COC#N.COC(=O)CCCCOP(=O)(O)O.COC(=O)OCCCOP(=O)(O)O.COC(=S)CCCCOP(=O)(O)O.CSCCCOP(=O)(O)O.c1ccccc1.c1ccccc1.c1ccccc1.c1ccccc1.c1ccccc1.c1ccccc1. The molecular formula is C78H124N6O37P6S2. The van der Waals surface area contributed by atoms with Crippen LogP contribution in [0.4, 0.5) is 4.79 Å². The number of rotatable bonds is 31. The third kappa shape index (κ3) is 215. The summed E-state index contributed by atoms with van der Waals surface area (Å²) >= 11 is 6.38. The van der Waals surface area contributed by atoms with Crippen molar-refractivity contribution in [1.82, 2.24) is 0 Å². The first-order valence-electron chi connectivity index (χ1n) is 36.4. The van der Waals surface area contributed by atoms with E-state index in [2.05, 4.69) is 69.8 Å². The molecule has 730 valence electrons. The molecule has 0 saturated carbocycles. The second-order valence-corrected chi connectivity index (χ2v) is 29.7. The number of thioether (sulfide) groups is 1. The molecule has 0 atom stereocenters. The zero-order valence-corrected chi connectivity index (χ0v) is 80.7. The number of Topliss-reactive ketones (excluding diaryl/α,β-unsaturated/α-hetero) is 1. The van der Waals surface area contributed by atoms with Gasteiger partial charge in [0.1, 0.15) is 5.78 Å². The highest BCUT2D eigenvalue weighted by molar-refractivity contribution is 7.98. The molecule has 51 heteroatoms. The third-order valence-electron chi connectivity index (χ3n) is 10.4. The highest BCUT2D eigenvalue weighted by atomic mass is 32.2. The first-order chi connectivity index (χ1) is 60.9. The van der Waals surface area contributed by atoms with Crippen LogP contribution in [0.2, 0.25) is 0 Å². The molecule has 0 bridgehead atoms. The number of unbranched alkanes of at least 4 members (excludes halogenated alkanes) is 3. The predicted octanol–water partition coefficient (Wildman–Crippen LogP) is 15.0. The summed E-state index contributed by atoms with van der Waals surface area (Å²) in [5.41, 5.74) is 0. The maximum Gasteiger partial charge on any atom is 0.507 e. The van der Waals surface area contributed by atoms with Crippen molar-refractivity contribution in [3.8, 4) is 37.5 Å². The number of hydrogen-bond donors (Lipinski definition) is 12. The Morgan fingerprint density at radius 2 is 0.496 bits per heavy atom. The highest BCUT2D eigenvalue weighted by Crippen LogP contribution is 2.39. The van der Waals surface area contributed by atoms with E-state index >= 15 is 0 Å². The van der Waals surface area contributed by atoms with Gasteiger partial charge in [-0.05, 0) is 76.1 Å². The molecule has 0 aliphatic carbocycles. The monoisotopic (exact) mass is 1990 g/mol. The van der Waals surface area contributed by atoms with Crippen molar-refractivity contribution in [2.45, 2.75) is 90.9 Å². The Bertz CT molecular complexity index is 3280. The lowest BCUT2D eigenvalue weighted by Crippen LogP contribution is -2.07. The van der Waals surface area contributed by atoms with E-state index in [0.717, 1.165) is 19.3 Å². The van der Waals surface area contributed by atoms with Gasteiger partial charge < -0.3 is 111 Å². The molecule has 0 amide bonds. The number of carbonyl (C=O) groups excluding carboxylic acids is 3. The number of hydrogen-bond acceptors (Lipinski definition) is 33. The molecule has 0 fully saturated rings.